The number of halogens is 2. The number of hydrogen-bond acceptors (Lipinski definition) is 2. The molecule has 0 fully saturated rings. The van der Waals surface area contributed by atoms with Gasteiger partial charge in [0.25, 0.3) is 5.91 Å². The third-order valence-electron chi connectivity index (χ3n) is 2.81. The summed E-state index contributed by atoms with van der Waals surface area (Å²) in [6, 6.07) is 2.77. The van der Waals surface area contributed by atoms with Crippen molar-refractivity contribution in [1.29, 1.82) is 0 Å². The van der Waals surface area contributed by atoms with E-state index < -0.39 is 17.5 Å². The lowest BCUT2D eigenvalue weighted by atomic mass is 10.2. The highest BCUT2D eigenvalue weighted by Crippen LogP contribution is 2.07. The van der Waals surface area contributed by atoms with E-state index in [-0.39, 0.29) is 5.56 Å². The van der Waals surface area contributed by atoms with E-state index in [2.05, 4.69) is 10.3 Å². The number of nitrogens with one attached hydrogen (secondary N) is 1. The van der Waals surface area contributed by atoms with E-state index in [0.29, 0.717) is 6.54 Å². The fourth-order valence-corrected chi connectivity index (χ4v) is 1.83. The normalized spacial score (nSPS) is 10.5. The molecule has 0 aliphatic rings. The molecule has 0 aliphatic carbocycles. The van der Waals surface area contributed by atoms with Crippen LogP contribution in [0, 0.1) is 11.6 Å². The first-order valence-corrected chi connectivity index (χ1v) is 6.35. The summed E-state index contributed by atoms with van der Waals surface area (Å²) in [6.45, 7) is 1.29. The number of amides is 1. The van der Waals surface area contributed by atoms with Crippen LogP contribution in [0.4, 0.5) is 8.78 Å². The topological polar surface area (TPSA) is 46.9 Å². The Labute approximate surface area is 115 Å². The van der Waals surface area contributed by atoms with Gasteiger partial charge in [-0.3, -0.25) is 4.79 Å². The van der Waals surface area contributed by atoms with E-state index in [0.717, 1.165) is 37.6 Å². The zero-order valence-corrected chi connectivity index (χ0v) is 10.9. The Bertz CT molecular complexity index is 550. The molecule has 0 atom stereocenters. The summed E-state index contributed by atoms with van der Waals surface area (Å²) in [5.41, 5.74) is -0.00268. The summed E-state index contributed by atoms with van der Waals surface area (Å²) in [5, 5.41) is 2.64. The van der Waals surface area contributed by atoms with Gasteiger partial charge < -0.3 is 9.88 Å². The Kier molecular flexibility index (Phi) is 4.81. The minimum Gasteiger partial charge on any atom is -0.352 e. The van der Waals surface area contributed by atoms with Crippen LogP contribution in [0.25, 0.3) is 0 Å². The van der Waals surface area contributed by atoms with Crippen molar-refractivity contribution in [1.82, 2.24) is 14.9 Å². The molecule has 6 heteroatoms. The molecule has 0 spiro atoms. The summed E-state index contributed by atoms with van der Waals surface area (Å²) >= 11 is 0. The van der Waals surface area contributed by atoms with Gasteiger partial charge in [-0.2, -0.15) is 0 Å². The molecule has 1 amide bonds. The van der Waals surface area contributed by atoms with Crippen LogP contribution in [-0.2, 0) is 6.54 Å². The lowest BCUT2D eigenvalue weighted by Crippen LogP contribution is -2.24. The number of benzene rings is 1. The second kappa shape index (κ2) is 6.79. The predicted octanol–water partition coefficient (Wildman–Crippen LogP) is 2.37. The van der Waals surface area contributed by atoms with E-state index in [1.54, 1.807) is 12.5 Å². The summed E-state index contributed by atoms with van der Waals surface area (Å²) in [6.07, 6.45) is 6.97. The van der Waals surface area contributed by atoms with Crippen molar-refractivity contribution in [3.63, 3.8) is 0 Å². The van der Waals surface area contributed by atoms with Crippen LogP contribution in [0.1, 0.15) is 23.2 Å². The second-order valence-electron chi connectivity index (χ2n) is 4.42. The maximum absolute atomic E-state index is 13.0. The molecule has 106 valence electrons. The van der Waals surface area contributed by atoms with Crippen molar-refractivity contribution in [2.24, 2.45) is 0 Å². The van der Waals surface area contributed by atoms with Gasteiger partial charge in [-0.05, 0) is 25.0 Å². The van der Waals surface area contributed by atoms with Gasteiger partial charge >= 0.3 is 0 Å². The molecular weight excluding hydrogens is 264 g/mol. The van der Waals surface area contributed by atoms with Gasteiger partial charge in [0.05, 0.1) is 6.33 Å². The monoisotopic (exact) mass is 279 g/mol. The number of imidazole rings is 1. The maximum atomic E-state index is 13.0. The van der Waals surface area contributed by atoms with E-state index in [1.165, 1.54) is 0 Å². The molecule has 1 aromatic carbocycles. The number of aromatic nitrogens is 2. The third kappa shape index (κ3) is 4.15. The number of carbonyl (C=O) groups excluding carboxylic acids is 1. The molecule has 0 saturated heterocycles. The molecule has 2 aromatic rings. The van der Waals surface area contributed by atoms with Gasteiger partial charge in [-0.25, -0.2) is 13.8 Å². The largest absolute Gasteiger partial charge is 0.352 e. The minimum absolute atomic E-state index is 0.00268. The third-order valence-corrected chi connectivity index (χ3v) is 2.81. The van der Waals surface area contributed by atoms with Crippen LogP contribution >= 0.6 is 0 Å². The molecule has 1 aromatic heterocycles. The van der Waals surface area contributed by atoms with Crippen molar-refractivity contribution in [3.05, 3.63) is 54.1 Å². The predicted molar refractivity (Wildman–Crippen MR) is 70.2 cm³/mol. The van der Waals surface area contributed by atoms with Gasteiger partial charge in [0, 0.05) is 37.1 Å². The van der Waals surface area contributed by atoms with E-state index in [1.807, 2.05) is 10.8 Å². The summed E-state index contributed by atoms with van der Waals surface area (Å²) in [5.74, 6) is -1.98. The molecule has 1 heterocycles. The molecule has 0 saturated carbocycles. The number of aryl methyl sites for hydroxylation is 1. The second-order valence-corrected chi connectivity index (χ2v) is 4.42. The van der Waals surface area contributed by atoms with Crippen molar-refractivity contribution < 1.29 is 13.6 Å². The molecule has 0 unspecified atom stereocenters. The standard InChI is InChI=1S/C14H15F2N3O/c15-12-7-11(8-13(16)9-12)14(20)18-3-1-2-5-19-6-4-17-10-19/h4,6-10H,1-3,5H2,(H,18,20). The lowest BCUT2D eigenvalue weighted by Gasteiger charge is -2.06. The Morgan fingerprint density at radius 1 is 1.20 bits per heavy atom. The minimum atomic E-state index is -0.754. The fraction of sp³-hybridized carbons (Fsp3) is 0.286. The van der Waals surface area contributed by atoms with Gasteiger partial charge in [0.2, 0.25) is 0 Å². The van der Waals surface area contributed by atoms with Gasteiger partial charge in [-0.15, -0.1) is 0 Å². The van der Waals surface area contributed by atoms with Crippen molar-refractivity contribution in [2.75, 3.05) is 6.54 Å². The quantitative estimate of drug-likeness (QED) is 0.825. The first-order valence-electron chi connectivity index (χ1n) is 6.35. The maximum Gasteiger partial charge on any atom is 0.251 e. The SMILES string of the molecule is O=C(NCCCCn1ccnc1)c1cc(F)cc(F)c1. The highest BCUT2D eigenvalue weighted by atomic mass is 19.1. The van der Waals surface area contributed by atoms with Gasteiger partial charge in [0.15, 0.2) is 0 Å². The zero-order chi connectivity index (χ0) is 14.4. The van der Waals surface area contributed by atoms with Crippen LogP contribution in [0.15, 0.2) is 36.9 Å². The highest BCUT2D eigenvalue weighted by Gasteiger charge is 2.08. The zero-order valence-electron chi connectivity index (χ0n) is 10.9. The van der Waals surface area contributed by atoms with Crippen LogP contribution in [0.2, 0.25) is 0 Å². The van der Waals surface area contributed by atoms with Crippen LogP contribution in [-0.4, -0.2) is 22.0 Å². The van der Waals surface area contributed by atoms with Gasteiger partial charge in [-0.1, -0.05) is 0 Å². The fourth-order valence-electron chi connectivity index (χ4n) is 1.83. The first kappa shape index (κ1) is 14.2. The van der Waals surface area contributed by atoms with Crippen molar-refractivity contribution >= 4 is 5.91 Å². The average Bonchev–Trinajstić information content (AvgIpc) is 2.90. The summed E-state index contributed by atoms with van der Waals surface area (Å²) in [7, 11) is 0. The van der Waals surface area contributed by atoms with E-state index in [9.17, 15) is 13.6 Å². The molecule has 0 aliphatic heterocycles. The molecule has 0 bridgehead atoms. The average molecular weight is 279 g/mol. The number of rotatable bonds is 6. The summed E-state index contributed by atoms with van der Waals surface area (Å²) < 4.78 is 27.9. The van der Waals surface area contributed by atoms with E-state index >= 15 is 0 Å². The Hall–Kier alpha value is -2.24. The number of unbranched alkanes of at least 4 members (excludes halogenated alkanes) is 1. The van der Waals surface area contributed by atoms with Crippen LogP contribution in [0.3, 0.4) is 0 Å². The molecule has 20 heavy (non-hydrogen) atoms. The van der Waals surface area contributed by atoms with Crippen molar-refractivity contribution in [3.8, 4) is 0 Å². The smallest absolute Gasteiger partial charge is 0.251 e. The lowest BCUT2D eigenvalue weighted by molar-refractivity contribution is 0.0952. The molecule has 0 radical (unpaired) electrons. The number of nitrogens with zero attached hydrogens (tertiary/aromatic N) is 2. The number of hydrogen-bond donors (Lipinski definition) is 1. The Balaban J connectivity index is 1.72. The van der Waals surface area contributed by atoms with Crippen LogP contribution < -0.4 is 5.32 Å². The number of carbonyl (C=O) groups is 1. The van der Waals surface area contributed by atoms with Crippen LogP contribution in [0.5, 0.6) is 0 Å². The Morgan fingerprint density at radius 2 is 1.95 bits per heavy atom. The van der Waals surface area contributed by atoms with Gasteiger partial charge in [0.1, 0.15) is 11.6 Å². The first-order chi connectivity index (χ1) is 9.65. The van der Waals surface area contributed by atoms with Crippen molar-refractivity contribution in [2.45, 2.75) is 19.4 Å². The molecular formula is C14H15F2N3O. The molecule has 1 N–H and O–H groups in total. The molecule has 2 rings (SSSR count). The highest BCUT2D eigenvalue weighted by molar-refractivity contribution is 5.94. The van der Waals surface area contributed by atoms with E-state index in [4.69, 9.17) is 0 Å². The Morgan fingerprint density at radius 3 is 2.60 bits per heavy atom. The molecule has 4 nitrogen and oxygen atoms in total. The summed E-state index contributed by atoms with van der Waals surface area (Å²) in [4.78, 5) is 15.6.